The van der Waals surface area contributed by atoms with E-state index in [0.717, 1.165) is 17.4 Å². The molecule has 0 saturated heterocycles. The van der Waals surface area contributed by atoms with E-state index in [-0.39, 0.29) is 47.5 Å². The fourth-order valence-corrected chi connectivity index (χ4v) is 5.76. The minimum atomic E-state index is -0.761. The number of methoxy groups -OCH3 is 1. The van der Waals surface area contributed by atoms with Gasteiger partial charge in [0.2, 0.25) is 12.3 Å². The number of amides is 2. The number of rotatable bonds is 8. The Morgan fingerprint density at radius 3 is 2.41 bits per heavy atom. The summed E-state index contributed by atoms with van der Waals surface area (Å²) < 4.78 is 25.5. The van der Waals surface area contributed by atoms with Gasteiger partial charge < -0.3 is 9.47 Å². The standard InChI is InChI=1S/C27H26FNO5/c1-15-19-8-9-20(22-12-21(19)22)26(15)27(32)29(14-30)24-10-7-18(11-23(24)28)34-13-25(31)16-3-5-17(33-2)6-4-16/h3-11,14-15,19-22,26H,12-13H2,1-2H3. The molecule has 4 aliphatic rings. The summed E-state index contributed by atoms with van der Waals surface area (Å²) in [5.41, 5.74) is 0.331. The molecule has 34 heavy (non-hydrogen) atoms. The lowest BCUT2D eigenvalue weighted by Crippen LogP contribution is -2.48. The summed E-state index contributed by atoms with van der Waals surface area (Å²) in [6.07, 6.45) is 5.82. The molecule has 6 nitrogen and oxygen atoms in total. The van der Waals surface area contributed by atoms with E-state index in [1.54, 1.807) is 24.3 Å². The second-order valence-electron chi connectivity index (χ2n) is 9.36. The van der Waals surface area contributed by atoms with Crippen LogP contribution in [0.4, 0.5) is 10.1 Å². The minimum Gasteiger partial charge on any atom is -0.497 e. The number of Topliss-reactive ketones (excluding diaryl/α,β-unsaturated/α-hetero) is 1. The van der Waals surface area contributed by atoms with E-state index in [1.807, 2.05) is 6.92 Å². The van der Waals surface area contributed by atoms with E-state index < -0.39 is 5.82 Å². The van der Waals surface area contributed by atoms with Crippen molar-refractivity contribution in [1.82, 2.24) is 0 Å². The molecule has 0 radical (unpaired) electrons. The number of carbonyl (C=O) groups excluding carboxylic acids is 3. The first kappa shape index (κ1) is 22.3. The average molecular weight is 464 g/mol. The summed E-state index contributed by atoms with van der Waals surface area (Å²) in [5, 5.41) is 0. The summed E-state index contributed by atoms with van der Waals surface area (Å²) in [4.78, 5) is 38.5. The number of imide groups is 1. The van der Waals surface area contributed by atoms with Crippen molar-refractivity contribution in [2.75, 3.05) is 18.6 Å². The lowest BCUT2D eigenvalue weighted by atomic mass is 9.62. The predicted octanol–water partition coefficient (Wildman–Crippen LogP) is 4.29. The van der Waals surface area contributed by atoms with Crippen molar-refractivity contribution in [2.24, 2.45) is 35.5 Å². The van der Waals surface area contributed by atoms with Gasteiger partial charge in [0.05, 0.1) is 12.8 Å². The van der Waals surface area contributed by atoms with E-state index in [2.05, 4.69) is 12.2 Å². The van der Waals surface area contributed by atoms with Crippen molar-refractivity contribution in [1.29, 1.82) is 0 Å². The Morgan fingerprint density at radius 2 is 1.74 bits per heavy atom. The van der Waals surface area contributed by atoms with E-state index in [0.29, 0.717) is 35.5 Å². The van der Waals surface area contributed by atoms with Gasteiger partial charge in [0.15, 0.2) is 18.2 Å². The Balaban J connectivity index is 1.27. The maximum absolute atomic E-state index is 15.0. The molecule has 176 valence electrons. The summed E-state index contributed by atoms with van der Waals surface area (Å²) in [5.74, 6) is 0.746. The molecule has 2 aromatic rings. The highest BCUT2D eigenvalue weighted by molar-refractivity contribution is 6.08. The summed E-state index contributed by atoms with van der Waals surface area (Å²) in [6.45, 7) is 1.77. The van der Waals surface area contributed by atoms with Crippen molar-refractivity contribution in [2.45, 2.75) is 13.3 Å². The molecular weight excluding hydrogens is 437 g/mol. The Hall–Kier alpha value is -3.48. The number of hydrogen-bond donors (Lipinski definition) is 0. The van der Waals surface area contributed by atoms with Crippen LogP contribution in [0.3, 0.4) is 0 Å². The van der Waals surface area contributed by atoms with E-state index in [4.69, 9.17) is 9.47 Å². The van der Waals surface area contributed by atoms with Crippen molar-refractivity contribution in [3.8, 4) is 11.5 Å². The van der Waals surface area contributed by atoms with Gasteiger partial charge in [0.25, 0.3) is 0 Å². The molecule has 6 rings (SSSR count). The molecule has 6 unspecified atom stereocenters. The van der Waals surface area contributed by atoms with Crippen molar-refractivity contribution >= 4 is 23.8 Å². The lowest BCUT2D eigenvalue weighted by Gasteiger charge is -2.43. The molecule has 0 aromatic heterocycles. The summed E-state index contributed by atoms with van der Waals surface area (Å²) in [6, 6.07) is 10.5. The van der Waals surface area contributed by atoms with Crippen molar-refractivity contribution in [3.63, 3.8) is 0 Å². The van der Waals surface area contributed by atoms with Gasteiger partial charge in [-0.3, -0.25) is 14.4 Å². The molecular formula is C27H26FNO5. The third-order valence-electron chi connectivity index (χ3n) is 7.61. The van der Waals surface area contributed by atoms with Gasteiger partial charge >= 0.3 is 0 Å². The fraction of sp³-hybridized carbons (Fsp3) is 0.370. The largest absolute Gasteiger partial charge is 0.497 e. The van der Waals surface area contributed by atoms with Gasteiger partial charge in [-0.2, -0.15) is 0 Å². The normalized spacial score (nSPS) is 28.1. The minimum absolute atomic E-state index is 0.106. The third kappa shape index (κ3) is 3.79. The fourth-order valence-electron chi connectivity index (χ4n) is 5.76. The molecule has 0 aliphatic heterocycles. The smallest absolute Gasteiger partial charge is 0.237 e. The second kappa shape index (κ2) is 8.70. The molecule has 2 amide bonds. The molecule has 4 aliphatic carbocycles. The maximum Gasteiger partial charge on any atom is 0.237 e. The topological polar surface area (TPSA) is 72.9 Å². The molecule has 2 bridgehead atoms. The molecule has 0 spiro atoms. The number of carbonyl (C=O) groups is 3. The number of nitrogens with zero attached hydrogens (tertiary/aromatic N) is 1. The van der Waals surface area contributed by atoms with Gasteiger partial charge in [0.1, 0.15) is 11.5 Å². The molecule has 6 atom stereocenters. The van der Waals surface area contributed by atoms with Gasteiger partial charge in [-0.05, 0) is 72.4 Å². The van der Waals surface area contributed by atoms with Crippen LogP contribution in [0.5, 0.6) is 11.5 Å². The number of fused-ring (bicyclic) bond motifs is 1. The monoisotopic (exact) mass is 463 g/mol. The number of allylic oxidation sites excluding steroid dienone is 2. The third-order valence-corrected chi connectivity index (χ3v) is 7.61. The van der Waals surface area contributed by atoms with Gasteiger partial charge in [-0.15, -0.1) is 0 Å². The van der Waals surface area contributed by atoms with Crippen LogP contribution in [0.15, 0.2) is 54.6 Å². The average Bonchev–Trinajstić information content (AvgIpc) is 3.67. The SMILES string of the molecule is COc1ccc(C(=O)COc2ccc(N(C=O)C(=O)C3C(C)C4C=CC3C3CC43)c(F)c2)cc1. The quantitative estimate of drug-likeness (QED) is 0.332. The number of ether oxygens (including phenoxy) is 2. The zero-order valence-electron chi connectivity index (χ0n) is 19.0. The van der Waals surface area contributed by atoms with Gasteiger partial charge in [-0.25, -0.2) is 9.29 Å². The van der Waals surface area contributed by atoms with Crippen LogP contribution in [-0.2, 0) is 9.59 Å². The number of anilines is 1. The van der Waals surface area contributed by atoms with E-state index >= 15 is 0 Å². The number of benzene rings is 2. The Morgan fingerprint density at radius 1 is 1.06 bits per heavy atom. The van der Waals surface area contributed by atoms with Gasteiger partial charge in [0, 0.05) is 17.5 Å². The van der Waals surface area contributed by atoms with E-state index in [9.17, 15) is 18.8 Å². The van der Waals surface area contributed by atoms with Crippen LogP contribution in [0, 0.1) is 41.3 Å². The highest BCUT2D eigenvalue weighted by atomic mass is 19.1. The summed E-state index contributed by atoms with van der Waals surface area (Å²) in [7, 11) is 1.54. The predicted molar refractivity (Wildman–Crippen MR) is 123 cm³/mol. The Kier molecular flexibility index (Phi) is 5.71. The molecule has 2 saturated carbocycles. The maximum atomic E-state index is 15.0. The number of ketones is 1. The molecule has 2 fully saturated rings. The Labute approximate surface area is 197 Å². The van der Waals surface area contributed by atoms with Crippen LogP contribution < -0.4 is 14.4 Å². The van der Waals surface area contributed by atoms with Gasteiger partial charge in [-0.1, -0.05) is 19.1 Å². The van der Waals surface area contributed by atoms with Crippen molar-refractivity contribution in [3.05, 3.63) is 66.0 Å². The van der Waals surface area contributed by atoms with Crippen LogP contribution in [0.1, 0.15) is 23.7 Å². The number of halogens is 1. The molecule has 0 heterocycles. The highest BCUT2D eigenvalue weighted by Gasteiger charge is 2.60. The van der Waals surface area contributed by atoms with Crippen LogP contribution in [0.2, 0.25) is 0 Å². The summed E-state index contributed by atoms with van der Waals surface area (Å²) >= 11 is 0. The Bertz CT molecular complexity index is 1160. The second-order valence-corrected chi connectivity index (χ2v) is 9.36. The first-order chi connectivity index (χ1) is 16.4. The molecule has 7 heteroatoms. The highest BCUT2D eigenvalue weighted by Crippen LogP contribution is 2.63. The number of hydrogen-bond acceptors (Lipinski definition) is 5. The zero-order chi connectivity index (χ0) is 24.0. The molecule has 0 N–H and O–H groups in total. The van der Waals surface area contributed by atoms with Crippen LogP contribution in [-0.4, -0.2) is 31.8 Å². The van der Waals surface area contributed by atoms with Crippen LogP contribution in [0.25, 0.3) is 0 Å². The van der Waals surface area contributed by atoms with Crippen LogP contribution >= 0.6 is 0 Å². The first-order valence-electron chi connectivity index (χ1n) is 11.5. The first-order valence-corrected chi connectivity index (χ1v) is 11.5. The zero-order valence-corrected chi connectivity index (χ0v) is 19.0. The van der Waals surface area contributed by atoms with E-state index in [1.165, 1.54) is 19.2 Å². The molecule has 2 aromatic carbocycles. The lowest BCUT2D eigenvalue weighted by molar-refractivity contribution is -0.129. The van der Waals surface area contributed by atoms with Crippen molar-refractivity contribution < 1.29 is 28.2 Å².